The molecule has 0 atom stereocenters. The van der Waals surface area contributed by atoms with E-state index in [2.05, 4.69) is 37.5 Å². The summed E-state index contributed by atoms with van der Waals surface area (Å²) in [5.41, 5.74) is 4.06. The molecule has 2 nitrogen and oxygen atoms in total. The van der Waals surface area contributed by atoms with Crippen LogP contribution in [0.3, 0.4) is 0 Å². The molecule has 1 aromatic rings. The van der Waals surface area contributed by atoms with E-state index in [1.54, 1.807) is 0 Å². The third-order valence-electron chi connectivity index (χ3n) is 2.85. The minimum Gasteiger partial charge on any atom is -0.266 e. The van der Waals surface area contributed by atoms with E-state index in [1.165, 1.54) is 29.8 Å². The van der Waals surface area contributed by atoms with Crippen molar-refractivity contribution in [3.63, 3.8) is 0 Å². The van der Waals surface area contributed by atoms with Crippen LogP contribution in [-0.4, -0.2) is 9.78 Å². The van der Waals surface area contributed by atoms with Crippen molar-refractivity contribution < 1.29 is 0 Å². The highest BCUT2D eigenvalue weighted by Gasteiger charge is 2.28. The van der Waals surface area contributed by atoms with Gasteiger partial charge in [-0.15, -0.1) is 0 Å². The first-order chi connectivity index (χ1) is 6.11. The van der Waals surface area contributed by atoms with Crippen molar-refractivity contribution in [3.05, 3.63) is 17.0 Å². The van der Waals surface area contributed by atoms with Gasteiger partial charge in [-0.2, -0.15) is 5.10 Å². The molecule has 0 radical (unpaired) electrons. The molecule has 2 rings (SSSR count). The number of nitrogens with zero attached hydrogens (tertiary/aromatic N) is 2. The van der Waals surface area contributed by atoms with Crippen LogP contribution in [0.4, 0.5) is 0 Å². The molecule has 0 unspecified atom stereocenters. The maximum atomic E-state index is 4.61. The van der Waals surface area contributed by atoms with Crippen molar-refractivity contribution in [2.24, 2.45) is 0 Å². The summed E-state index contributed by atoms with van der Waals surface area (Å²) in [6.45, 7) is 8.82. The van der Waals surface area contributed by atoms with Gasteiger partial charge in [0.15, 0.2) is 0 Å². The lowest BCUT2D eigenvalue weighted by atomic mass is 10.0. The topological polar surface area (TPSA) is 17.8 Å². The van der Waals surface area contributed by atoms with Gasteiger partial charge in [-0.05, 0) is 38.2 Å². The lowest BCUT2D eigenvalue weighted by Gasteiger charge is -2.06. The molecule has 1 fully saturated rings. The zero-order valence-corrected chi connectivity index (χ0v) is 8.96. The minimum atomic E-state index is 0.604. The summed E-state index contributed by atoms with van der Waals surface area (Å²) in [6, 6.07) is 0.714. The molecular formula is C11H18N2. The molecule has 0 N–H and O–H groups in total. The number of hydrogen-bond acceptors (Lipinski definition) is 1. The molecule has 72 valence electrons. The van der Waals surface area contributed by atoms with Crippen LogP contribution in [0.15, 0.2) is 0 Å². The van der Waals surface area contributed by atoms with E-state index in [1.807, 2.05) is 0 Å². The highest BCUT2D eigenvalue weighted by atomic mass is 15.3. The summed E-state index contributed by atoms with van der Waals surface area (Å²) in [7, 11) is 0. The number of aryl methyl sites for hydroxylation is 1. The van der Waals surface area contributed by atoms with Gasteiger partial charge in [0.2, 0.25) is 0 Å². The molecular weight excluding hydrogens is 160 g/mol. The fraction of sp³-hybridized carbons (Fsp3) is 0.727. The third-order valence-corrected chi connectivity index (χ3v) is 2.85. The smallest absolute Gasteiger partial charge is 0.0631 e. The van der Waals surface area contributed by atoms with Crippen LogP contribution >= 0.6 is 0 Å². The van der Waals surface area contributed by atoms with Gasteiger partial charge in [0.05, 0.1) is 11.7 Å². The molecule has 1 heterocycles. The van der Waals surface area contributed by atoms with E-state index in [0.717, 1.165) is 0 Å². The Morgan fingerprint density at radius 1 is 1.31 bits per heavy atom. The lowest BCUT2D eigenvalue weighted by molar-refractivity contribution is 0.615. The fourth-order valence-electron chi connectivity index (χ4n) is 2.19. The molecule has 0 amide bonds. The third kappa shape index (κ3) is 1.38. The second-order valence-electron chi connectivity index (χ2n) is 4.41. The monoisotopic (exact) mass is 178 g/mol. The van der Waals surface area contributed by atoms with Crippen LogP contribution in [0.2, 0.25) is 0 Å². The molecule has 0 spiro atoms. The predicted molar refractivity (Wildman–Crippen MR) is 54.1 cm³/mol. The average Bonchev–Trinajstić information content (AvgIpc) is 2.78. The van der Waals surface area contributed by atoms with Crippen LogP contribution in [-0.2, 0) is 0 Å². The lowest BCUT2D eigenvalue weighted by Crippen LogP contribution is -1.99. The molecule has 1 aliphatic rings. The first kappa shape index (κ1) is 8.79. The van der Waals surface area contributed by atoms with E-state index in [-0.39, 0.29) is 0 Å². The predicted octanol–water partition coefficient (Wildman–Crippen LogP) is 2.96. The van der Waals surface area contributed by atoms with E-state index < -0.39 is 0 Å². The summed E-state index contributed by atoms with van der Waals surface area (Å²) in [5, 5.41) is 4.61. The Morgan fingerprint density at radius 3 is 2.31 bits per heavy atom. The molecule has 2 heteroatoms. The summed E-state index contributed by atoms with van der Waals surface area (Å²) < 4.78 is 2.23. The number of rotatable bonds is 2. The molecule has 0 saturated heterocycles. The Morgan fingerprint density at radius 2 is 1.92 bits per heavy atom. The molecule has 1 aromatic heterocycles. The molecule has 1 saturated carbocycles. The first-order valence-corrected chi connectivity index (χ1v) is 5.17. The second kappa shape index (κ2) is 2.86. The van der Waals surface area contributed by atoms with Crippen LogP contribution < -0.4 is 0 Å². The fourth-order valence-corrected chi connectivity index (χ4v) is 2.19. The van der Waals surface area contributed by atoms with Crippen LogP contribution in [0.25, 0.3) is 0 Å². The van der Waals surface area contributed by atoms with Crippen LogP contribution in [0, 0.1) is 13.8 Å². The molecule has 13 heavy (non-hydrogen) atoms. The van der Waals surface area contributed by atoms with Gasteiger partial charge in [0.1, 0.15) is 0 Å². The minimum absolute atomic E-state index is 0.604. The average molecular weight is 178 g/mol. The highest BCUT2D eigenvalue weighted by Crippen LogP contribution is 2.37. The SMILES string of the molecule is Cc1nn(C2CC2)c(C)c1C(C)C. The Bertz CT molecular complexity index is 319. The van der Waals surface area contributed by atoms with Gasteiger partial charge < -0.3 is 0 Å². The zero-order chi connectivity index (χ0) is 9.59. The maximum Gasteiger partial charge on any atom is 0.0631 e. The molecule has 1 aliphatic carbocycles. The quantitative estimate of drug-likeness (QED) is 0.680. The van der Waals surface area contributed by atoms with Gasteiger partial charge in [-0.1, -0.05) is 13.8 Å². The summed E-state index contributed by atoms with van der Waals surface area (Å²) in [6.07, 6.45) is 2.64. The maximum absolute atomic E-state index is 4.61. The first-order valence-electron chi connectivity index (χ1n) is 5.17. The van der Waals surface area contributed by atoms with Gasteiger partial charge in [-0.25, -0.2) is 0 Å². The van der Waals surface area contributed by atoms with Crippen molar-refractivity contribution >= 4 is 0 Å². The van der Waals surface area contributed by atoms with E-state index in [9.17, 15) is 0 Å². The van der Waals surface area contributed by atoms with Crippen molar-refractivity contribution in [3.8, 4) is 0 Å². The van der Waals surface area contributed by atoms with E-state index >= 15 is 0 Å². The molecule has 0 aliphatic heterocycles. The number of hydrogen-bond donors (Lipinski definition) is 0. The molecule has 0 aromatic carbocycles. The van der Waals surface area contributed by atoms with Crippen molar-refractivity contribution in [1.82, 2.24) is 9.78 Å². The largest absolute Gasteiger partial charge is 0.266 e. The van der Waals surface area contributed by atoms with Crippen molar-refractivity contribution in [2.45, 2.75) is 52.5 Å². The van der Waals surface area contributed by atoms with Crippen molar-refractivity contribution in [2.75, 3.05) is 0 Å². The van der Waals surface area contributed by atoms with Crippen LogP contribution in [0.1, 0.15) is 55.6 Å². The standard InChI is InChI=1S/C11H18N2/c1-7(2)11-8(3)12-13(9(11)4)10-5-6-10/h7,10H,5-6H2,1-4H3. The van der Waals surface area contributed by atoms with Crippen LogP contribution in [0.5, 0.6) is 0 Å². The zero-order valence-electron chi connectivity index (χ0n) is 8.96. The second-order valence-corrected chi connectivity index (χ2v) is 4.41. The Labute approximate surface area is 80.0 Å². The van der Waals surface area contributed by atoms with Crippen molar-refractivity contribution in [1.29, 1.82) is 0 Å². The summed E-state index contributed by atoms with van der Waals surface area (Å²) >= 11 is 0. The Balaban J connectivity index is 2.44. The van der Waals surface area contributed by atoms with Gasteiger partial charge in [0.25, 0.3) is 0 Å². The van der Waals surface area contributed by atoms with Gasteiger partial charge >= 0.3 is 0 Å². The van der Waals surface area contributed by atoms with Gasteiger partial charge in [0, 0.05) is 5.69 Å². The molecule has 0 bridgehead atoms. The summed E-state index contributed by atoms with van der Waals surface area (Å²) in [4.78, 5) is 0. The van der Waals surface area contributed by atoms with E-state index in [4.69, 9.17) is 0 Å². The Kier molecular flexibility index (Phi) is 1.94. The summed E-state index contributed by atoms with van der Waals surface area (Å²) in [5.74, 6) is 0.604. The van der Waals surface area contributed by atoms with Gasteiger partial charge in [-0.3, -0.25) is 4.68 Å². The Hall–Kier alpha value is -0.790. The normalized spacial score (nSPS) is 17.0. The van der Waals surface area contributed by atoms with E-state index in [0.29, 0.717) is 12.0 Å². The highest BCUT2D eigenvalue weighted by molar-refractivity contribution is 5.28. The number of aromatic nitrogens is 2.